The molecule has 0 amide bonds. The van der Waals surface area contributed by atoms with E-state index in [1.54, 1.807) is 18.6 Å². The lowest BCUT2D eigenvalue weighted by Gasteiger charge is -2.05. The summed E-state index contributed by atoms with van der Waals surface area (Å²) in [6, 6.07) is 8.23. The first-order chi connectivity index (χ1) is 7.34. The Morgan fingerprint density at radius 2 is 2.20 bits per heavy atom. The third-order valence-corrected chi connectivity index (χ3v) is 2.59. The first kappa shape index (κ1) is 10.4. The number of nitrogens with zero attached hydrogens (tertiary/aromatic N) is 2. The van der Waals surface area contributed by atoms with E-state index in [9.17, 15) is 0 Å². The van der Waals surface area contributed by atoms with Crippen LogP contribution in [0.2, 0.25) is 0 Å². The molecule has 0 aliphatic heterocycles. The van der Waals surface area contributed by atoms with Gasteiger partial charge >= 0.3 is 0 Å². The molecule has 0 saturated carbocycles. The Bertz CT molecular complexity index is 431. The largest absolute Gasteiger partial charge is 0.379 e. The van der Waals surface area contributed by atoms with Crippen molar-refractivity contribution in [2.24, 2.45) is 0 Å². The van der Waals surface area contributed by atoms with Crippen LogP contribution in [0, 0.1) is 3.57 Å². The molecule has 0 spiro atoms. The van der Waals surface area contributed by atoms with Crippen LogP contribution < -0.4 is 5.32 Å². The number of benzene rings is 1. The third kappa shape index (κ3) is 3.16. The molecular formula is C11H10IN3. The van der Waals surface area contributed by atoms with E-state index in [4.69, 9.17) is 0 Å². The molecule has 2 rings (SSSR count). The minimum absolute atomic E-state index is 0.702. The van der Waals surface area contributed by atoms with Gasteiger partial charge in [0.25, 0.3) is 0 Å². The monoisotopic (exact) mass is 311 g/mol. The normalized spacial score (nSPS) is 9.93. The van der Waals surface area contributed by atoms with E-state index in [-0.39, 0.29) is 0 Å². The molecule has 1 N–H and O–H groups in total. The topological polar surface area (TPSA) is 37.8 Å². The molecular weight excluding hydrogens is 301 g/mol. The van der Waals surface area contributed by atoms with E-state index in [0.717, 1.165) is 11.4 Å². The highest BCUT2D eigenvalue weighted by Gasteiger charge is 1.95. The zero-order valence-electron chi connectivity index (χ0n) is 8.02. The SMILES string of the molecule is Ic1cccc(NCc2cnccn2)c1. The van der Waals surface area contributed by atoms with Gasteiger partial charge in [0.2, 0.25) is 0 Å². The molecule has 4 heteroatoms. The van der Waals surface area contributed by atoms with Crippen molar-refractivity contribution in [1.82, 2.24) is 9.97 Å². The molecule has 15 heavy (non-hydrogen) atoms. The Kier molecular flexibility index (Phi) is 3.49. The van der Waals surface area contributed by atoms with Crippen LogP contribution in [-0.2, 0) is 6.54 Å². The van der Waals surface area contributed by atoms with Gasteiger partial charge in [0.1, 0.15) is 0 Å². The van der Waals surface area contributed by atoms with Gasteiger partial charge in [0.15, 0.2) is 0 Å². The molecule has 0 fully saturated rings. The number of nitrogens with one attached hydrogen (secondary N) is 1. The quantitative estimate of drug-likeness (QED) is 0.886. The first-order valence-electron chi connectivity index (χ1n) is 4.59. The van der Waals surface area contributed by atoms with Crippen molar-refractivity contribution in [3.63, 3.8) is 0 Å². The Morgan fingerprint density at radius 1 is 1.27 bits per heavy atom. The summed E-state index contributed by atoms with van der Waals surface area (Å²) in [7, 11) is 0. The maximum Gasteiger partial charge on any atom is 0.0777 e. The van der Waals surface area contributed by atoms with E-state index in [1.165, 1.54) is 3.57 Å². The van der Waals surface area contributed by atoms with Crippen molar-refractivity contribution in [1.29, 1.82) is 0 Å². The minimum Gasteiger partial charge on any atom is -0.379 e. The van der Waals surface area contributed by atoms with Gasteiger partial charge in [-0.05, 0) is 40.8 Å². The summed E-state index contributed by atoms with van der Waals surface area (Å²) in [5.74, 6) is 0. The van der Waals surface area contributed by atoms with E-state index < -0.39 is 0 Å². The molecule has 1 aromatic carbocycles. The van der Waals surface area contributed by atoms with Gasteiger partial charge in [-0.15, -0.1) is 0 Å². The molecule has 3 nitrogen and oxygen atoms in total. The Hall–Kier alpha value is -1.17. The second-order valence-corrected chi connectivity index (χ2v) is 4.31. The zero-order chi connectivity index (χ0) is 10.5. The van der Waals surface area contributed by atoms with E-state index >= 15 is 0 Å². The molecule has 0 radical (unpaired) electrons. The summed E-state index contributed by atoms with van der Waals surface area (Å²) < 4.78 is 1.22. The first-order valence-corrected chi connectivity index (χ1v) is 5.67. The number of hydrogen-bond acceptors (Lipinski definition) is 3. The van der Waals surface area contributed by atoms with Gasteiger partial charge in [-0.2, -0.15) is 0 Å². The molecule has 0 aliphatic rings. The standard InChI is InChI=1S/C11H10IN3/c12-9-2-1-3-10(6-9)15-8-11-7-13-4-5-14-11/h1-7,15H,8H2. The molecule has 0 aliphatic carbocycles. The van der Waals surface area contributed by atoms with Crippen LogP contribution in [0.15, 0.2) is 42.9 Å². The van der Waals surface area contributed by atoms with Crippen LogP contribution in [-0.4, -0.2) is 9.97 Å². The lowest BCUT2D eigenvalue weighted by Crippen LogP contribution is -2.01. The van der Waals surface area contributed by atoms with Gasteiger partial charge < -0.3 is 5.32 Å². The average Bonchev–Trinajstić information content (AvgIpc) is 2.28. The predicted molar refractivity (Wildman–Crippen MR) is 68.5 cm³/mol. The summed E-state index contributed by atoms with van der Waals surface area (Å²) in [5.41, 5.74) is 2.05. The van der Waals surface area contributed by atoms with Crippen molar-refractivity contribution in [2.75, 3.05) is 5.32 Å². The summed E-state index contributed by atoms with van der Waals surface area (Å²) >= 11 is 2.29. The van der Waals surface area contributed by atoms with Crippen LogP contribution in [0.25, 0.3) is 0 Å². The van der Waals surface area contributed by atoms with Crippen LogP contribution in [0.4, 0.5) is 5.69 Å². The number of hydrogen-bond donors (Lipinski definition) is 1. The maximum atomic E-state index is 4.19. The highest BCUT2D eigenvalue weighted by Crippen LogP contribution is 2.12. The van der Waals surface area contributed by atoms with E-state index in [2.05, 4.69) is 50.0 Å². The van der Waals surface area contributed by atoms with Crippen molar-refractivity contribution >= 4 is 28.3 Å². The molecule has 1 heterocycles. The minimum atomic E-state index is 0.702. The fraction of sp³-hybridized carbons (Fsp3) is 0.0909. The molecule has 2 aromatic rings. The molecule has 76 valence electrons. The van der Waals surface area contributed by atoms with E-state index in [0.29, 0.717) is 6.54 Å². The fourth-order valence-electron chi connectivity index (χ4n) is 1.21. The summed E-state index contributed by atoms with van der Waals surface area (Å²) in [6.07, 6.45) is 5.14. The Balaban J connectivity index is 1.99. The number of rotatable bonds is 3. The molecule has 0 bridgehead atoms. The lowest BCUT2D eigenvalue weighted by molar-refractivity contribution is 1.01. The van der Waals surface area contributed by atoms with Crippen molar-refractivity contribution in [3.05, 3.63) is 52.1 Å². The maximum absolute atomic E-state index is 4.19. The summed E-state index contributed by atoms with van der Waals surface area (Å²) in [4.78, 5) is 8.20. The van der Waals surface area contributed by atoms with Crippen LogP contribution >= 0.6 is 22.6 Å². The van der Waals surface area contributed by atoms with Crippen molar-refractivity contribution < 1.29 is 0 Å². The number of halogens is 1. The second kappa shape index (κ2) is 5.06. The van der Waals surface area contributed by atoms with Crippen LogP contribution in [0.1, 0.15) is 5.69 Å². The predicted octanol–water partition coefficient (Wildman–Crippen LogP) is 2.69. The van der Waals surface area contributed by atoms with Gasteiger partial charge in [0, 0.05) is 21.7 Å². The van der Waals surface area contributed by atoms with E-state index in [1.807, 2.05) is 12.1 Å². The Labute approximate surface area is 102 Å². The fourth-order valence-corrected chi connectivity index (χ4v) is 1.76. The van der Waals surface area contributed by atoms with Gasteiger partial charge in [-0.3, -0.25) is 9.97 Å². The molecule has 0 atom stereocenters. The molecule has 0 unspecified atom stereocenters. The smallest absolute Gasteiger partial charge is 0.0777 e. The number of aromatic nitrogens is 2. The van der Waals surface area contributed by atoms with Crippen LogP contribution in [0.3, 0.4) is 0 Å². The number of anilines is 1. The van der Waals surface area contributed by atoms with Crippen molar-refractivity contribution in [3.8, 4) is 0 Å². The van der Waals surface area contributed by atoms with Gasteiger partial charge in [-0.1, -0.05) is 6.07 Å². The molecule has 1 aromatic heterocycles. The summed E-state index contributed by atoms with van der Waals surface area (Å²) in [6.45, 7) is 0.702. The van der Waals surface area contributed by atoms with Crippen molar-refractivity contribution in [2.45, 2.75) is 6.54 Å². The second-order valence-electron chi connectivity index (χ2n) is 3.06. The zero-order valence-corrected chi connectivity index (χ0v) is 10.2. The average molecular weight is 311 g/mol. The molecule has 0 saturated heterocycles. The van der Waals surface area contributed by atoms with Gasteiger partial charge in [0.05, 0.1) is 18.4 Å². The third-order valence-electron chi connectivity index (χ3n) is 1.91. The highest BCUT2D eigenvalue weighted by atomic mass is 127. The van der Waals surface area contributed by atoms with Gasteiger partial charge in [-0.25, -0.2) is 0 Å². The highest BCUT2D eigenvalue weighted by molar-refractivity contribution is 14.1. The summed E-state index contributed by atoms with van der Waals surface area (Å²) in [5, 5.41) is 3.29. The van der Waals surface area contributed by atoms with Crippen LogP contribution in [0.5, 0.6) is 0 Å². The lowest BCUT2D eigenvalue weighted by atomic mass is 10.3. The Morgan fingerprint density at radius 3 is 2.93 bits per heavy atom.